The average molecular weight is 293 g/mol. The third-order valence-electron chi connectivity index (χ3n) is 5.74. The number of hydrogen-bond acceptors (Lipinski definition) is 2. The first-order valence-electron chi connectivity index (χ1n) is 9.25. The van der Waals surface area contributed by atoms with Crippen molar-refractivity contribution >= 4 is 5.91 Å². The molecule has 21 heavy (non-hydrogen) atoms. The van der Waals surface area contributed by atoms with E-state index in [0.717, 1.165) is 37.8 Å². The van der Waals surface area contributed by atoms with Gasteiger partial charge in [0, 0.05) is 19.1 Å². The molecule has 1 unspecified atom stereocenters. The molecule has 0 aliphatic heterocycles. The van der Waals surface area contributed by atoms with Gasteiger partial charge in [-0.25, -0.2) is 0 Å². The smallest absolute Gasteiger partial charge is 0.223 e. The summed E-state index contributed by atoms with van der Waals surface area (Å²) in [6, 6.07) is 0. The summed E-state index contributed by atoms with van der Waals surface area (Å²) in [7, 11) is 0. The van der Waals surface area contributed by atoms with Crippen LogP contribution >= 0.6 is 0 Å². The topological polar surface area (TPSA) is 38.3 Å². The van der Waals surface area contributed by atoms with E-state index in [9.17, 15) is 4.79 Å². The highest BCUT2D eigenvalue weighted by atomic mass is 16.5. The molecule has 0 aromatic rings. The van der Waals surface area contributed by atoms with Gasteiger partial charge in [-0.1, -0.05) is 25.7 Å². The minimum Gasteiger partial charge on any atom is -0.378 e. The molecular formula is C18H31NO2. The number of nitrogens with one attached hydrogen (secondary N) is 1. The number of hydrogen-bond donors (Lipinski definition) is 1. The maximum atomic E-state index is 12.0. The Morgan fingerprint density at radius 2 is 1.67 bits per heavy atom. The highest BCUT2D eigenvalue weighted by Gasteiger charge is 2.56. The van der Waals surface area contributed by atoms with Crippen LogP contribution in [0.4, 0.5) is 0 Å². The molecule has 0 saturated heterocycles. The van der Waals surface area contributed by atoms with Crippen molar-refractivity contribution in [2.45, 2.75) is 76.7 Å². The molecule has 120 valence electrons. The molecule has 3 rings (SSSR count). The summed E-state index contributed by atoms with van der Waals surface area (Å²) in [5.74, 6) is 2.21. The summed E-state index contributed by atoms with van der Waals surface area (Å²) in [5.41, 5.74) is 0. The summed E-state index contributed by atoms with van der Waals surface area (Å²) in [4.78, 5) is 12.0. The minimum absolute atomic E-state index is 0.336. The van der Waals surface area contributed by atoms with Gasteiger partial charge in [-0.05, 0) is 56.8 Å². The van der Waals surface area contributed by atoms with Crippen LogP contribution in [0.5, 0.6) is 0 Å². The van der Waals surface area contributed by atoms with E-state index in [-0.39, 0.29) is 0 Å². The second-order valence-corrected chi connectivity index (χ2v) is 7.27. The van der Waals surface area contributed by atoms with E-state index in [1.807, 2.05) is 0 Å². The quantitative estimate of drug-likeness (QED) is 0.693. The van der Waals surface area contributed by atoms with Crippen molar-refractivity contribution in [1.82, 2.24) is 5.32 Å². The first-order valence-corrected chi connectivity index (χ1v) is 9.25. The third kappa shape index (κ3) is 4.21. The fraction of sp³-hybridized carbons (Fsp3) is 0.944. The van der Waals surface area contributed by atoms with Gasteiger partial charge in [-0.15, -0.1) is 0 Å². The van der Waals surface area contributed by atoms with Crippen molar-refractivity contribution in [3.05, 3.63) is 0 Å². The van der Waals surface area contributed by atoms with Crippen LogP contribution in [-0.4, -0.2) is 25.2 Å². The van der Waals surface area contributed by atoms with Crippen molar-refractivity contribution in [2.75, 3.05) is 13.2 Å². The van der Waals surface area contributed by atoms with Crippen LogP contribution in [0, 0.1) is 17.8 Å². The Morgan fingerprint density at radius 1 is 0.905 bits per heavy atom. The Bertz CT molecular complexity index is 328. The summed E-state index contributed by atoms with van der Waals surface area (Å²) >= 11 is 0. The molecule has 0 heterocycles. The maximum absolute atomic E-state index is 12.0. The van der Waals surface area contributed by atoms with Gasteiger partial charge in [-0.3, -0.25) is 4.79 Å². The minimum atomic E-state index is 0.336. The molecule has 3 nitrogen and oxygen atoms in total. The number of amides is 1. The average Bonchev–Trinajstić information content (AvgIpc) is 3.00. The Labute approximate surface area is 129 Å². The van der Waals surface area contributed by atoms with Crippen LogP contribution in [-0.2, 0) is 9.53 Å². The lowest BCUT2D eigenvalue weighted by Crippen LogP contribution is -2.27. The van der Waals surface area contributed by atoms with E-state index < -0.39 is 0 Å². The lowest BCUT2D eigenvalue weighted by molar-refractivity contribution is -0.123. The summed E-state index contributed by atoms with van der Waals surface area (Å²) in [5, 5.41) is 3.13. The molecule has 3 heteroatoms. The molecule has 0 bridgehead atoms. The van der Waals surface area contributed by atoms with Crippen LogP contribution in [0.25, 0.3) is 0 Å². The zero-order chi connectivity index (χ0) is 14.5. The van der Waals surface area contributed by atoms with Crippen LogP contribution in [0.2, 0.25) is 0 Å². The monoisotopic (exact) mass is 293 g/mol. The second-order valence-electron chi connectivity index (χ2n) is 7.27. The Kier molecular flexibility index (Phi) is 5.56. The van der Waals surface area contributed by atoms with Crippen LogP contribution in [0.1, 0.15) is 70.6 Å². The number of fused-ring (bicyclic) bond motifs is 1. The molecule has 0 aromatic heterocycles. The molecule has 0 radical (unpaired) electrons. The van der Waals surface area contributed by atoms with Gasteiger partial charge in [-0.2, -0.15) is 0 Å². The molecule has 1 N–H and O–H groups in total. The van der Waals surface area contributed by atoms with E-state index >= 15 is 0 Å². The van der Waals surface area contributed by atoms with Crippen LogP contribution in [0.3, 0.4) is 0 Å². The number of rotatable bonds is 8. The molecule has 3 aliphatic rings. The largest absolute Gasteiger partial charge is 0.378 e. The SMILES string of the molecule is O=C(NCCCCCOC1CCCCC1)C1[C@H]2CCC[C@@H]12. The Balaban J connectivity index is 1.14. The molecule has 1 amide bonds. The van der Waals surface area contributed by atoms with Gasteiger partial charge in [0.05, 0.1) is 6.10 Å². The third-order valence-corrected chi connectivity index (χ3v) is 5.74. The van der Waals surface area contributed by atoms with E-state index in [1.54, 1.807) is 0 Å². The van der Waals surface area contributed by atoms with E-state index in [1.165, 1.54) is 57.8 Å². The first-order chi connectivity index (χ1) is 10.4. The zero-order valence-electron chi connectivity index (χ0n) is 13.3. The second kappa shape index (κ2) is 7.62. The summed E-state index contributed by atoms with van der Waals surface area (Å²) in [6.45, 7) is 1.77. The molecule has 3 fully saturated rings. The van der Waals surface area contributed by atoms with E-state index in [2.05, 4.69) is 5.32 Å². The van der Waals surface area contributed by atoms with Gasteiger partial charge in [0.25, 0.3) is 0 Å². The first kappa shape index (κ1) is 15.3. The van der Waals surface area contributed by atoms with E-state index in [4.69, 9.17) is 4.74 Å². The molecule has 3 atom stereocenters. The summed E-state index contributed by atoms with van der Waals surface area (Å²) < 4.78 is 5.92. The Morgan fingerprint density at radius 3 is 2.43 bits per heavy atom. The lowest BCUT2D eigenvalue weighted by Gasteiger charge is -2.21. The predicted molar refractivity (Wildman–Crippen MR) is 84.0 cm³/mol. The molecule has 0 spiro atoms. The Hall–Kier alpha value is -0.570. The number of carbonyl (C=O) groups is 1. The van der Waals surface area contributed by atoms with Gasteiger partial charge in [0.2, 0.25) is 5.91 Å². The molecule has 0 aromatic carbocycles. The maximum Gasteiger partial charge on any atom is 0.223 e. The van der Waals surface area contributed by atoms with Gasteiger partial charge in [0.1, 0.15) is 0 Å². The number of ether oxygens (including phenoxy) is 1. The highest BCUT2D eigenvalue weighted by Crippen LogP contribution is 2.57. The lowest BCUT2D eigenvalue weighted by atomic mass is 9.98. The van der Waals surface area contributed by atoms with Gasteiger partial charge in [0.15, 0.2) is 0 Å². The fourth-order valence-corrected chi connectivity index (χ4v) is 4.43. The summed E-state index contributed by atoms with van der Waals surface area (Å²) in [6.07, 6.45) is 14.5. The van der Waals surface area contributed by atoms with Crippen molar-refractivity contribution in [3.8, 4) is 0 Å². The van der Waals surface area contributed by atoms with Gasteiger partial charge < -0.3 is 10.1 Å². The fourth-order valence-electron chi connectivity index (χ4n) is 4.43. The molecule has 3 saturated carbocycles. The van der Waals surface area contributed by atoms with Crippen molar-refractivity contribution < 1.29 is 9.53 Å². The van der Waals surface area contributed by atoms with Gasteiger partial charge >= 0.3 is 0 Å². The molecular weight excluding hydrogens is 262 g/mol. The van der Waals surface area contributed by atoms with Crippen LogP contribution < -0.4 is 5.32 Å². The number of unbranched alkanes of at least 4 members (excludes halogenated alkanes) is 2. The van der Waals surface area contributed by atoms with Crippen molar-refractivity contribution in [1.29, 1.82) is 0 Å². The number of carbonyl (C=O) groups excluding carboxylic acids is 1. The standard InChI is InChI=1S/C18H31NO2/c20-18(17-15-10-7-11-16(15)17)19-12-5-2-6-13-21-14-8-3-1-4-9-14/h14-17H,1-13H2,(H,19,20)/t15-,16+,17?. The zero-order valence-corrected chi connectivity index (χ0v) is 13.3. The normalized spacial score (nSPS) is 31.9. The predicted octanol–water partition coefficient (Wildman–Crippen LogP) is 3.67. The van der Waals surface area contributed by atoms with Crippen LogP contribution in [0.15, 0.2) is 0 Å². The van der Waals surface area contributed by atoms with E-state index in [0.29, 0.717) is 17.9 Å². The highest BCUT2D eigenvalue weighted by molar-refractivity contribution is 5.82. The molecule has 3 aliphatic carbocycles. The van der Waals surface area contributed by atoms with Crippen molar-refractivity contribution in [2.24, 2.45) is 17.8 Å². The van der Waals surface area contributed by atoms with Crippen molar-refractivity contribution in [3.63, 3.8) is 0 Å².